The highest BCUT2D eigenvalue weighted by atomic mass is 14.9. The van der Waals surface area contributed by atoms with Crippen molar-refractivity contribution in [3.05, 3.63) is 59.2 Å². The highest BCUT2D eigenvalue weighted by Gasteiger charge is 2.06. The second-order valence-electron chi connectivity index (χ2n) is 9.24. The maximum atomic E-state index is 3.69. The number of hydrogen-bond acceptors (Lipinski definition) is 1. The number of benzene rings is 2. The molecule has 2 rings (SSSR count). The summed E-state index contributed by atoms with van der Waals surface area (Å²) >= 11 is 0. The van der Waals surface area contributed by atoms with Crippen LogP contribution in [-0.4, -0.2) is 0 Å². The molecule has 0 heterocycles. The van der Waals surface area contributed by atoms with Gasteiger partial charge in [-0.3, -0.25) is 0 Å². The molecule has 0 radical (unpaired) electrons. The monoisotopic (exact) mass is 421 g/mol. The summed E-state index contributed by atoms with van der Waals surface area (Å²) in [6.45, 7) is 6.86. The Kier molecular flexibility index (Phi) is 13.1. The summed E-state index contributed by atoms with van der Waals surface area (Å²) in [5.41, 5.74) is 7.05. The van der Waals surface area contributed by atoms with Crippen molar-refractivity contribution in [3.63, 3.8) is 0 Å². The lowest BCUT2D eigenvalue weighted by atomic mass is 9.96. The van der Waals surface area contributed by atoms with Crippen LogP contribution >= 0.6 is 0 Å². The average Bonchev–Trinajstić information content (AvgIpc) is 2.79. The van der Waals surface area contributed by atoms with E-state index in [9.17, 15) is 0 Å². The first-order valence-corrected chi connectivity index (χ1v) is 13.2. The summed E-state index contributed by atoms with van der Waals surface area (Å²) in [7, 11) is 0. The summed E-state index contributed by atoms with van der Waals surface area (Å²) < 4.78 is 0. The molecule has 0 aliphatic rings. The summed E-state index contributed by atoms with van der Waals surface area (Å²) in [5.74, 6) is 0. The zero-order valence-corrected chi connectivity index (χ0v) is 20.6. The Morgan fingerprint density at radius 1 is 0.516 bits per heavy atom. The largest absolute Gasteiger partial charge is 0.356 e. The fourth-order valence-electron chi connectivity index (χ4n) is 4.39. The maximum Gasteiger partial charge on any atom is 0.0387 e. The molecule has 1 nitrogen and oxygen atoms in total. The normalized spacial score (nSPS) is 11.1. The van der Waals surface area contributed by atoms with E-state index in [1.807, 2.05) is 0 Å². The Labute approximate surface area is 193 Å². The number of rotatable bonds is 17. The van der Waals surface area contributed by atoms with Gasteiger partial charge in [0, 0.05) is 11.4 Å². The number of anilines is 2. The highest BCUT2D eigenvalue weighted by Crippen LogP contribution is 2.24. The summed E-state index contributed by atoms with van der Waals surface area (Å²) in [4.78, 5) is 0. The second-order valence-corrected chi connectivity index (χ2v) is 9.24. The molecule has 172 valence electrons. The Morgan fingerprint density at radius 3 is 1.74 bits per heavy atom. The van der Waals surface area contributed by atoms with E-state index in [4.69, 9.17) is 0 Å². The van der Waals surface area contributed by atoms with Crippen LogP contribution in [0.5, 0.6) is 0 Å². The fraction of sp³-hybridized carbons (Fsp3) is 0.600. The molecule has 0 aliphatic heterocycles. The number of unbranched alkanes of at least 4 members (excludes halogenated alkanes) is 9. The van der Waals surface area contributed by atoms with Gasteiger partial charge in [0.25, 0.3) is 0 Å². The van der Waals surface area contributed by atoms with E-state index in [0.717, 1.165) is 0 Å². The van der Waals surface area contributed by atoms with Crippen molar-refractivity contribution in [2.45, 2.75) is 117 Å². The topological polar surface area (TPSA) is 12.0 Å². The number of aryl methyl sites for hydroxylation is 3. The standard InChI is InChI=1S/C30H47N/c1-4-7-10-13-17-26-18-16-21-29(24-26)31-30-23-22-27(19-14-11-8-5-2)28(25-30)20-15-12-9-6-3/h16,18,21-25,31H,4-15,17,19-20H2,1-3H3. The van der Waals surface area contributed by atoms with Crippen molar-refractivity contribution >= 4 is 11.4 Å². The lowest BCUT2D eigenvalue weighted by molar-refractivity contribution is 0.651. The molecule has 0 saturated carbocycles. The predicted molar refractivity (Wildman–Crippen MR) is 140 cm³/mol. The molecule has 0 unspecified atom stereocenters. The van der Waals surface area contributed by atoms with Crippen LogP contribution in [0.25, 0.3) is 0 Å². The highest BCUT2D eigenvalue weighted by molar-refractivity contribution is 5.61. The molecule has 1 heteroatoms. The van der Waals surface area contributed by atoms with Gasteiger partial charge in [-0.25, -0.2) is 0 Å². The molecule has 0 spiro atoms. The van der Waals surface area contributed by atoms with Crippen LogP contribution in [0, 0.1) is 0 Å². The minimum atomic E-state index is 1.19. The van der Waals surface area contributed by atoms with Crippen molar-refractivity contribution in [2.24, 2.45) is 0 Å². The van der Waals surface area contributed by atoms with Crippen LogP contribution in [0.1, 0.15) is 115 Å². The van der Waals surface area contributed by atoms with Crippen LogP contribution in [0.4, 0.5) is 11.4 Å². The minimum absolute atomic E-state index is 1.19. The Bertz CT molecular complexity index is 718. The van der Waals surface area contributed by atoms with E-state index >= 15 is 0 Å². The van der Waals surface area contributed by atoms with Gasteiger partial charge in [-0.15, -0.1) is 0 Å². The lowest BCUT2D eigenvalue weighted by Crippen LogP contribution is -1.99. The Morgan fingerprint density at radius 2 is 1.10 bits per heavy atom. The van der Waals surface area contributed by atoms with Gasteiger partial charge < -0.3 is 5.32 Å². The molecule has 0 atom stereocenters. The molecular formula is C30H47N. The van der Waals surface area contributed by atoms with Gasteiger partial charge in [0.2, 0.25) is 0 Å². The van der Waals surface area contributed by atoms with Gasteiger partial charge >= 0.3 is 0 Å². The SMILES string of the molecule is CCCCCCc1cccc(Nc2ccc(CCCCCC)c(CCCCCC)c2)c1. The Balaban J connectivity index is 2.02. The van der Waals surface area contributed by atoms with E-state index in [1.165, 1.54) is 113 Å². The molecule has 0 saturated heterocycles. The number of hydrogen-bond donors (Lipinski definition) is 1. The first-order chi connectivity index (χ1) is 15.3. The summed E-state index contributed by atoms with van der Waals surface area (Å²) in [6, 6.07) is 16.1. The molecule has 0 bridgehead atoms. The van der Waals surface area contributed by atoms with E-state index in [1.54, 1.807) is 11.1 Å². The van der Waals surface area contributed by atoms with Crippen molar-refractivity contribution in [1.82, 2.24) is 0 Å². The van der Waals surface area contributed by atoms with Crippen molar-refractivity contribution in [2.75, 3.05) is 5.32 Å². The van der Waals surface area contributed by atoms with Crippen LogP contribution < -0.4 is 5.32 Å². The number of nitrogens with one attached hydrogen (secondary N) is 1. The maximum absolute atomic E-state index is 3.69. The first-order valence-electron chi connectivity index (χ1n) is 13.2. The van der Waals surface area contributed by atoms with Crippen LogP contribution in [0.2, 0.25) is 0 Å². The molecule has 31 heavy (non-hydrogen) atoms. The van der Waals surface area contributed by atoms with Crippen molar-refractivity contribution in [1.29, 1.82) is 0 Å². The summed E-state index contributed by atoms with van der Waals surface area (Å²) in [5, 5.41) is 3.69. The molecule has 2 aromatic rings. The Hall–Kier alpha value is -1.76. The van der Waals surface area contributed by atoms with Crippen molar-refractivity contribution in [3.8, 4) is 0 Å². The third-order valence-electron chi connectivity index (χ3n) is 6.34. The van der Waals surface area contributed by atoms with E-state index < -0.39 is 0 Å². The summed E-state index contributed by atoms with van der Waals surface area (Å²) in [6.07, 6.45) is 19.6. The quantitative estimate of drug-likeness (QED) is 0.251. The molecule has 2 aromatic carbocycles. The molecule has 0 aromatic heterocycles. The van der Waals surface area contributed by atoms with E-state index in [0.29, 0.717) is 0 Å². The van der Waals surface area contributed by atoms with Gasteiger partial charge in [-0.1, -0.05) is 96.8 Å². The molecular weight excluding hydrogens is 374 g/mol. The fourth-order valence-corrected chi connectivity index (χ4v) is 4.39. The van der Waals surface area contributed by atoms with Gasteiger partial charge in [0.15, 0.2) is 0 Å². The predicted octanol–water partition coefficient (Wildman–Crippen LogP) is 9.80. The zero-order valence-electron chi connectivity index (χ0n) is 20.6. The van der Waals surface area contributed by atoms with Gasteiger partial charge in [0.05, 0.1) is 0 Å². The molecule has 1 N–H and O–H groups in total. The first kappa shape index (κ1) is 25.5. The van der Waals surface area contributed by atoms with E-state index in [2.05, 4.69) is 68.6 Å². The molecule has 0 amide bonds. The minimum Gasteiger partial charge on any atom is -0.356 e. The van der Waals surface area contributed by atoms with Gasteiger partial charge in [-0.05, 0) is 79.5 Å². The third-order valence-corrected chi connectivity index (χ3v) is 6.34. The van der Waals surface area contributed by atoms with Crippen LogP contribution in [0.15, 0.2) is 42.5 Å². The smallest absolute Gasteiger partial charge is 0.0387 e. The molecule has 0 aliphatic carbocycles. The van der Waals surface area contributed by atoms with Crippen LogP contribution in [0.3, 0.4) is 0 Å². The van der Waals surface area contributed by atoms with Crippen LogP contribution in [-0.2, 0) is 19.3 Å². The second kappa shape index (κ2) is 16.0. The van der Waals surface area contributed by atoms with Gasteiger partial charge in [-0.2, -0.15) is 0 Å². The van der Waals surface area contributed by atoms with E-state index in [-0.39, 0.29) is 0 Å². The average molecular weight is 422 g/mol. The van der Waals surface area contributed by atoms with Gasteiger partial charge in [0.1, 0.15) is 0 Å². The molecule has 0 fully saturated rings. The third kappa shape index (κ3) is 10.4. The lowest BCUT2D eigenvalue weighted by Gasteiger charge is -2.14. The zero-order chi connectivity index (χ0) is 22.2. The van der Waals surface area contributed by atoms with Crippen molar-refractivity contribution < 1.29 is 0 Å².